The highest BCUT2D eigenvalue weighted by Crippen LogP contribution is 2.33. The molecule has 0 unspecified atom stereocenters. The molecule has 0 spiro atoms. The molecule has 0 N–H and O–H groups in total. The summed E-state index contributed by atoms with van der Waals surface area (Å²) in [5, 5.41) is 0. The van der Waals surface area contributed by atoms with E-state index in [0.717, 1.165) is 36.8 Å². The lowest BCUT2D eigenvalue weighted by Crippen LogP contribution is -1.96. The molecule has 0 amide bonds. The lowest BCUT2D eigenvalue weighted by atomic mass is 9.97. The average molecular weight is 615 g/mol. The largest absolute Gasteiger partial charge is 0.117 e. The Morgan fingerprint density at radius 1 is 0.386 bits per heavy atom. The third-order valence-electron chi connectivity index (χ3n) is 7.83. The van der Waals surface area contributed by atoms with E-state index in [9.17, 15) is 0 Å². The summed E-state index contributed by atoms with van der Waals surface area (Å²) < 4.78 is 0. The normalized spacial score (nSPS) is 10.4. The fraction of sp³-hybridized carbons (Fsp3) is 0.381. The molecule has 0 fully saturated rings. The van der Waals surface area contributed by atoms with Crippen LogP contribution >= 0.6 is 22.7 Å². The zero-order chi connectivity index (χ0) is 31.0. The first-order chi connectivity index (χ1) is 21.7. The Hall–Kier alpha value is -3.48. The van der Waals surface area contributed by atoms with Crippen LogP contribution in [-0.2, 0) is 25.7 Å². The molecule has 2 aromatic heterocycles. The van der Waals surface area contributed by atoms with Crippen LogP contribution in [0, 0.1) is 35.5 Å². The second-order valence-corrected chi connectivity index (χ2v) is 13.4. The van der Waals surface area contributed by atoms with Gasteiger partial charge in [0.25, 0.3) is 0 Å². The van der Waals surface area contributed by atoms with Gasteiger partial charge in [0.2, 0.25) is 0 Å². The van der Waals surface area contributed by atoms with Gasteiger partial charge in [0, 0.05) is 11.1 Å². The summed E-state index contributed by atoms with van der Waals surface area (Å²) in [6.45, 7) is 9.11. The summed E-state index contributed by atoms with van der Waals surface area (Å²) in [4.78, 5) is 4.83. The van der Waals surface area contributed by atoms with Gasteiger partial charge in [-0.2, -0.15) is 0 Å². The molecule has 0 aliphatic carbocycles. The first-order valence-corrected chi connectivity index (χ1v) is 18.3. The fourth-order valence-corrected chi connectivity index (χ4v) is 7.50. The summed E-state index contributed by atoms with van der Waals surface area (Å²) in [5.74, 6) is 21.5. The second kappa shape index (κ2) is 18.4. The molecule has 4 rings (SSSR count). The summed E-state index contributed by atoms with van der Waals surface area (Å²) >= 11 is 3.62. The van der Waals surface area contributed by atoms with Crippen molar-refractivity contribution in [3.8, 4) is 35.5 Å². The van der Waals surface area contributed by atoms with E-state index >= 15 is 0 Å². The fourth-order valence-electron chi connectivity index (χ4n) is 5.29. The lowest BCUT2D eigenvalue weighted by molar-refractivity contribution is 0.760. The van der Waals surface area contributed by atoms with E-state index in [1.807, 2.05) is 34.8 Å². The van der Waals surface area contributed by atoms with Crippen molar-refractivity contribution in [1.29, 1.82) is 0 Å². The van der Waals surface area contributed by atoms with Gasteiger partial charge in [-0.3, -0.25) is 0 Å². The molecule has 0 saturated carbocycles. The third kappa shape index (κ3) is 9.51. The number of thiophene rings is 2. The molecule has 2 aromatic carbocycles. The van der Waals surface area contributed by atoms with Crippen LogP contribution in [0.5, 0.6) is 0 Å². The maximum Gasteiger partial charge on any atom is 0.0820 e. The van der Waals surface area contributed by atoms with E-state index in [-0.39, 0.29) is 0 Å². The van der Waals surface area contributed by atoms with Crippen LogP contribution in [0.3, 0.4) is 0 Å². The topological polar surface area (TPSA) is 0 Å². The van der Waals surface area contributed by atoms with Gasteiger partial charge in [-0.25, -0.2) is 0 Å². The quantitative estimate of drug-likeness (QED) is 0.139. The first-order valence-electron chi connectivity index (χ1n) is 16.6. The van der Waals surface area contributed by atoms with Crippen molar-refractivity contribution >= 4 is 22.7 Å². The maximum absolute atomic E-state index is 3.72. The van der Waals surface area contributed by atoms with Crippen LogP contribution < -0.4 is 0 Å². The Balaban J connectivity index is 1.82. The van der Waals surface area contributed by atoms with E-state index in [1.165, 1.54) is 93.1 Å². The molecule has 4 aromatic rings. The minimum Gasteiger partial charge on any atom is -0.117 e. The van der Waals surface area contributed by atoms with Gasteiger partial charge in [0.15, 0.2) is 0 Å². The predicted octanol–water partition coefficient (Wildman–Crippen LogP) is 11.4. The van der Waals surface area contributed by atoms with E-state index < -0.39 is 0 Å². The number of hydrogen-bond acceptors (Lipinski definition) is 2. The molecule has 2 heterocycles. The predicted molar refractivity (Wildman–Crippen MR) is 194 cm³/mol. The molecule has 0 radical (unpaired) electrons. The van der Waals surface area contributed by atoms with E-state index in [0.29, 0.717) is 0 Å². The smallest absolute Gasteiger partial charge is 0.0820 e. The standard InChI is InChI=1S/C42H46S2/c1-5-9-23-35-37(25-11-7-3)41(43-39(35)29-27-33-19-15-13-16-20-33)31-32-42-38(26-12-8-4)36(24-10-6-2)40(44-42)30-28-34-21-17-14-18-22-34/h13-22H,5-12,23-26H2,1-4H3. The molecular formula is C42H46S2. The molecule has 44 heavy (non-hydrogen) atoms. The van der Waals surface area contributed by atoms with Gasteiger partial charge >= 0.3 is 0 Å². The highest BCUT2D eigenvalue weighted by molar-refractivity contribution is 7.14. The van der Waals surface area contributed by atoms with E-state index in [1.54, 1.807) is 0 Å². The number of hydrogen-bond donors (Lipinski definition) is 0. The summed E-state index contributed by atoms with van der Waals surface area (Å²) in [7, 11) is 0. The van der Waals surface area contributed by atoms with Gasteiger partial charge in [0.05, 0.1) is 19.5 Å². The Labute approximate surface area is 275 Å². The summed E-state index contributed by atoms with van der Waals surface area (Å²) in [5.41, 5.74) is 7.89. The molecule has 0 aliphatic rings. The van der Waals surface area contributed by atoms with Gasteiger partial charge in [-0.1, -0.05) is 113 Å². The van der Waals surface area contributed by atoms with Gasteiger partial charge in [-0.05, 0) is 110 Å². The Bertz CT molecular complexity index is 1520. The van der Waals surface area contributed by atoms with E-state index in [2.05, 4.69) is 112 Å². The zero-order valence-corrected chi connectivity index (χ0v) is 28.7. The van der Waals surface area contributed by atoms with Gasteiger partial charge in [0.1, 0.15) is 0 Å². The average Bonchev–Trinajstić information content (AvgIpc) is 3.57. The summed E-state index contributed by atoms with van der Waals surface area (Å²) in [6.07, 6.45) is 13.7. The summed E-state index contributed by atoms with van der Waals surface area (Å²) in [6, 6.07) is 20.7. The number of benzene rings is 2. The highest BCUT2D eigenvalue weighted by Gasteiger charge is 2.18. The molecule has 226 valence electrons. The molecular weight excluding hydrogens is 569 g/mol. The Kier molecular flexibility index (Phi) is 13.9. The lowest BCUT2D eigenvalue weighted by Gasteiger charge is -2.06. The minimum atomic E-state index is 1.06. The first kappa shape index (κ1) is 33.4. The van der Waals surface area contributed by atoms with E-state index in [4.69, 9.17) is 0 Å². The van der Waals surface area contributed by atoms with Crippen molar-refractivity contribution in [3.63, 3.8) is 0 Å². The van der Waals surface area contributed by atoms with Gasteiger partial charge in [-0.15, -0.1) is 22.7 Å². The van der Waals surface area contributed by atoms with Crippen LogP contribution in [0.25, 0.3) is 0 Å². The number of rotatable bonds is 12. The third-order valence-corrected chi connectivity index (χ3v) is 10.0. The zero-order valence-electron chi connectivity index (χ0n) is 27.1. The van der Waals surface area contributed by atoms with Gasteiger partial charge < -0.3 is 0 Å². The number of unbranched alkanes of at least 4 members (excludes halogenated alkanes) is 4. The van der Waals surface area contributed by atoms with Crippen LogP contribution in [0.4, 0.5) is 0 Å². The van der Waals surface area contributed by atoms with Crippen molar-refractivity contribution in [2.24, 2.45) is 0 Å². The maximum atomic E-state index is 3.72. The van der Waals surface area contributed by atoms with Crippen LogP contribution in [0.15, 0.2) is 60.7 Å². The van der Waals surface area contributed by atoms with Crippen LogP contribution in [-0.4, -0.2) is 0 Å². The molecule has 0 aliphatic heterocycles. The second-order valence-electron chi connectivity index (χ2n) is 11.3. The Morgan fingerprint density at radius 3 is 0.932 bits per heavy atom. The monoisotopic (exact) mass is 614 g/mol. The molecule has 0 saturated heterocycles. The molecule has 0 nitrogen and oxygen atoms in total. The molecule has 2 heteroatoms. The van der Waals surface area contributed by atoms with Crippen molar-refractivity contribution in [3.05, 3.63) is 114 Å². The Morgan fingerprint density at radius 2 is 0.659 bits per heavy atom. The van der Waals surface area contributed by atoms with Crippen molar-refractivity contribution < 1.29 is 0 Å². The van der Waals surface area contributed by atoms with Crippen LogP contribution in [0.2, 0.25) is 0 Å². The highest BCUT2D eigenvalue weighted by atomic mass is 32.1. The van der Waals surface area contributed by atoms with Crippen LogP contribution in [0.1, 0.15) is 132 Å². The SMILES string of the molecule is CCCCc1c(C#Cc2ccccc2)sc(C#Cc2sc(C#Cc3ccccc3)c(CCCC)c2CCCC)c1CCCC. The molecule has 0 bridgehead atoms. The minimum absolute atomic E-state index is 1.06. The van der Waals surface area contributed by atoms with Crippen molar-refractivity contribution in [2.45, 2.75) is 105 Å². The molecule has 0 atom stereocenters. The van der Waals surface area contributed by atoms with Crippen molar-refractivity contribution in [1.82, 2.24) is 0 Å². The van der Waals surface area contributed by atoms with Crippen molar-refractivity contribution in [2.75, 3.05) is 0 Å².